The maximum absolute atomic E-state index is 13.1. The zero-order chi connectivity index (χ0) is 22.6. The molecule has 2 N–H and O–H groups in total. The van der Waals surface area contributed by atoms with E-state index in [2.05, 4.69) is 15.6 Å². The summed E-state index contributed by atoms with van der Waals surface area (Å²) >= 11 is 0. The number of halogens is 1. The molecule has 0 bridgehead atoms. The van der Waals surface area contributed by atoms with Gasteiger partial charge < -0.3 is 4.74 Å². The molecule has 1 heterocycles. The monoisotopic (exact) mass is 449 g/mol. The number of methoxy groups -OCH3 is 1. The number of aryl methyl sites for hydroxylation is 1. The van der Waals surface area contributed by atoms with E-state index in [9.17, 15) is 17.6 Å². The van der Waals surface area contributed by atoms with Crippen molar-refractivity contribution in [1.29, 1.82) is 0 Å². The lowest BCUT2D eigenvalue weighted by Gasteiger charge is -2.19. The second-order valence-corrected chi connectivity index (χ2v) is 9.78. The van der Waals surface area contributed by atoms with Gasteiger partial charge in [-0.25, -0.2) is 21.9 Å². The molecule has 1 aliphatic heterocycles. The molecule has 168 valence electrons. The van der Waals surface area contributed by atoms with E-state index in [4.69, 9.17) is 0 Å². The van der Waals surface area contributed by atoms with Crippen LogP contribution in [0, 0.1) is 12.7 Å². The van der Waals surface area contributed by atoms with Gasteiger partial charge in [-0.05, 0) is 67.6 Å². The first-order chi connectivity index (χ1) is 14.7. The van der Waals surface area contributed by atoms with Crippen LogP contribution in [-0.4, -0.2) is 45.4 Å². The Balaban J connectivity index is 1.54. The highest BCUT2D eigenvalue weighted by Crippen LogP contribution is 2.25. The summed E-state index contributed by atoms with van der Waals surface area (Å²) in [7, 11) is -0.818. The van der Waals surface area contributed by atoms with E-state index in [0.29, 0.717) is 24.1 Å². The molecule has 1 aliphatic rings. The van der Waals surface area contributed by atoms with Crippen LogP contribution in [0.2, 0.25) is 0 Å². The van der Waals surface area contributed by atoms with Gasteiger partial charge in [-0.2, -0.15) is 0 Å². The largest absolute Gasteiger partial charge is 0.465 e. The number of hydrogen-bond acceptors (Lipinski definition) is 6. The number of hydrogen-bond donors (Lipinski definition) is 2. The number of carbonyl (C=O) groups is 1. The van der Waals surface area contributed by atoms with E-state index in [0.717, 1.165) is 18.4 Å². The summed E-state index contributed by atoms with van der Waals surface area (Å²) < 4.78 is 45.0. The van der Waals surface area contributed by atoms with Crippen molar-refractivity contribution in [2.24, 2.45) is 0 Å². The first-order valence-corrected chi connectivity index (χ1v) is 11.6. The molecule has 2 aromatic carbocycles. The minimum Gasteiger partial charge on any atom is -0.465 e. The molecule has 1 saturated heterocycles. The smallest absolute Gasteiger partial charge is 0.337 e. The Morgan fingerprint density at radius 1 is 1.19 bits per heavy atom. The van der Waals surface area contributed by atoms with Crippen LogP contribution in [0.1, 0.15) is 46.8 Å². The number of esters is 1. The minimum atomic E-state index is -3.66. The van der Waals surface area contributed by atoms with Crippen molar-refractivity contribution < 1.29 is 22.3 Å². The van der Waals surface area contributed by atoms with Gasteiger partial charge in [0, 0.05) is 25.7 Å². The van der Waals surface area contributed by atoms with Crippen molar-refractivity contribution in [2.75, 3.05) is 20.7 Å². The number of carbonyl (C=O) groups excluding carboxylic acids is 1. The highest BCUT2D eigenvalue weighted by atomic mass is 32.2. The number of nitrogens with one attached hydrogen (secondary N) is 2. The van der Waals surface area contributed by atoms with E-state index in [1.165, 1.54) is 41.7 Å². The van der Waals surface area contributed by atoms with Crippen molar-refractivity contribution >= 4 is 16.0 Å². The average Bonchev–Trinajstić information content (AvgIpc) is 3.22. The lowest BCUT2D eigenvalue weighted by Crippen LogP contribution is -2.32. The number of nitrogens with zero attached hydrogens (tertiary/aromatic N) is 1. The summed E-state index contributed by atoms with van der Waals surface area (Å²) in [4.78, 5) is 11.8. The summed E-state index contributed by atoms with van der Waals surface area (Å²) in [6.45, 7) is 2.04. The molecule has 0 amide bonds. The van der Waals surface area contributed by atoms with E-state index in [1.807, 2.05) is 0 Å². The van der Waals surface area contributed by atoms with Crippen molar-refractivity contribution in [2.45, 2.75) is 43.2 Å². The van der Waals surface area contributed by atoms with Gasteiger partial charge in [-0.15, -0.1) is 0 Å². The standard InChI is InChI=1S/C22H28FN3O4S/c1-15-13-17(22(27)30-3)8-11-21(15)31(28,29)26(2)12-4-5-19-14-20(25-24-19)16-6-9-18(23)10-7-16/h6-11,13,19-20,24-25H,4-5,12,14H2,1-3H3. The predicted molar refractivity (Wildman–Crippen MR) is 115 cm³/mol. The Morgan fingerprint density at radius 3 is 2.55 bits per heavy atom. The minimum absolute atomic E-state index is 0.100. The Labute approximate surface area is 182 Å². The Hall–Kier alpha value is -2.33. The number of hydrazine groups is 1. The van der Waals surface area contributed by atoms with Crippen LogP contribution in [0.15, 0.2) is 47.4 Å². The lowest BCUT2D eigenvalue weighted by atomic mass is 10.00. The summed E-state index contributed by atoms with van der Waals surface area (Å²) in [5.41, 5.74) is 8.29. The van der Waals surface area contributed by atoms with Crippen LogP contribution >= 0.6 is 0 Å². The van der Waals surface area contributed by atoms with Crippen molar-refractivity contribution in [3.63, 3.8) is 0 Å². The summed E-state index contributed by atoms with van der Waals surface area (Å²) in [6.07, 6.45) is 2.32. The van der Waals surface area contributed by atoms with Crippen LogP contribution in [-0.2, 0) is 14.8 Å². The van der Waals surface area contributed by atoms with E-state index in [1.54, 1.807) is 26.1 Å². The third-order valence-electron chi connectivity index (χ3n) is 5.56. The average molecular weight is 450 g/mol. The van der Waals surface area contributed by atoms with Crippen molar-refractivity contribution in [3.05, 3.63) is 65.0 Å². The van der Waals surface area contributed by atoms with E-state index < -0.39 is 16.0 Å². The molecular weight excluding hydrogens is 421 g/mol. The number of benzene rings is 2. The fraction of sp³-hybridized carbons (Fsp3) is 0.409. The van der Waals surface area contributed by atoms with Crippen LogP contribution in [0.25, 0.3) is 0 Å². The fourth-order valence-corrected chi connectivity index (χ4v) is 5.17. The Kier molecular flexibility index (Phi) is 7.42. The predicted octanol–water partition coefficient (Wildman–Crippen LogP) is 2.93. The number of sulfonamides is 1. The summed E-state index contributed by atoms with van der Waals surface area (Å²) in [5.74, 6) is -0.761. The zero-order valence-electron chi connectivity index (χ0n) is 17.9. The molecule has 31 heavy (non-hydrogen) atoms. The van der Waals surface area contributed by atoms with E-state index in [-0.39, 0.29) is 22.8 Å². The van der Waals surface area contributed by atoms with Crippen molar-refractivity contribution in [3.8, 4) is 0 Å². The SMILES string of the molecule is COC(=O)c1ccc(S(=O)(=O)N(C)CCCC2CC(c3ccc(F)cc3)NN2)c(C)c1. The van der Waals surface area contributed by atoms with Gasteiger partial charge in [0.05, 0.1) is 17.6 Å². The lowest BCUT2D eigenvalue weighted by molar-refractivity contribution is 0.0600. The third-order valence-corrected chi connectivity index (χ3v) is 7.58. The second kappa shape index (κ2) is 9.86. The topological polar surface area (TPSA) is 87.7 Å². The Morgan fingerprint density at radius 2 is 1.90 bits per heavy atom. The molecule has 9 heteroatoms. The molecule has 3 rings (SSSR count). The third kappa shape index (κ3) is 5.48. The van der Waals surface area contributed by atoms with Crippen LogP contribution in [0.3, 0.4) is 0 Å². The molecule has 0 spiro atoms. The molecule has 1 fully saturated rings. The zero-order valence-corrected chi connectivity index (χ0v) is 18.7. The van der Waals surface area contributed by atoms with Gasteiger partial charge in [0.2, 0.25) is 10.0 Å². The van der Waals surface area contributed by atoms with Gasteiger partial charge in [0.1, 0.15) is 5.82 Å². The first-order valence-electron chi connectivity index (χ1n) is 10.1. The highest BCUT2D eigenvalue weighted by Gasteiger charge is 2.26. The Bertz CT molecular complexity index is 1030. The van der Waals surface area contributed by atoms with Gasteiger partial charge in [-0.1, -0.05) is 12.1 Å². The van der Waals surface area contributed by atoms with Gasteiger partial charge >= 0.3 is 5.97 Å². The molecule has 0 saturated carbocycles. The van der Waals surface area contributed by atoms with Crippen molar-refractivity contribution in [1.82, 2.24) is 15.2 Å². The van der Waals surface area contributed by atoms with Crippen LogP contribution in [0.4, 0.5) is 4.39 Å². The molecule has 2 atom stereocenters. The van der Waals surface area contributed by atoms with Crippen LogP contribution in [0.5, 0.6) is 0 Å². The van der Waals surface area contributed by atoms with E-state index >= 15 is 0 Å². The highest BCUT2D eigenvalue weighted by molar-refractivity contribution is 7.89. The maximum Gasteiger partial charge on any atom is 0.337 e. The molecule has 2 unspecified atom stereocenters. The second-order valence-electron chi connectivity index (χ2n) is 7.77. The molecular formula is C22H28FN3O4S. The molecule has 0 radical (unpaired) electrons. The molecule has 7 nitrogen and oxygen atoms in total. The molecule has 0 aromatic heterocycles. The number of rotatable bonds is 8. The molecule has 2 aromatic rings. The first kappa shape index (κ1) is 23.3. The van der Waals surface area contributed by atoms with Gasteiger partial charge in [0.15, 0.2) is 0 Å². The van der Waals surface area contributed by atoms with Gasteiger partial charge in [-0.3, -0.25) is 10.9 Å². The quantitative estimate of drug-likeness (QED) is 0.603. The van der Waals surface area contributed by atoms with Gasteiger partial charge in [0.25, 0.3) is 0 Å². The van der Waals surface area contributed by atoms with Crippen LogP contribution < -0.4 is 10.9 Å². The normalized spacial score (nSPS) is 19.0. The summed E-state index contributed by atoms with van der Waals surface area (Å²) in [6, 6.07) is 11.2. The number of ether oxygens (including phenoxy) is 1. The maximum atomic E-state index is 13.1. The fourth-order valence-electron chi connectivity index (χ4n) is 3.76. The molecule has 0 aliphatic carbocycles. The summed E-state index contributed by atoms with van der Waals surface area (Å²) in [5, 5.41) is 0.